The van der Waals surface area contributed by atoms with Crippen LogP contribution in [0.1, 0.15) is 42.5 Å². The van der Waals surface area contributed by atoms with Crippen molar-refractivity contribution in [3.8, 4) is 0 Å². The topological polar surface area (TPSA) is 101 Å². The molecule has 1 aromatic heterocycles. The minimum atomic E-state index is -4.75. The number of morpholine rings is 1. The van der Waals surface area contributed by atoms with E-state index in [1.54, 1.807) is 9.80 Å². The average Bonchev–Trinajstić information content (AvgIpc) is 3.35. The number of hydrogen-bond acceptors (Lipinski definition) is 6. The SMILES string of the molecule is O=C1CO[C@H]2CCN(C(=O)N3CCC(C(c4ccc(F)cc4)c4nc(C(F)(F)F)no4)CC3)C[C@H]2N1. The van der Waals surface area contributed by atoms with Gasteiger partial charge in [0.25, 0.3) is 5.82 Å². The summed E-state index contributed by atoms with van der Waals surface area (Å²) >= 11 is 0. The molecule has 3 aliphatic heterocycles. The molecular weight excluding hydrogens is 486 g/mol. The Kier molecular flexibility index (Phi) is 6.58. The molecule has 4 heterocycles. The molecule has 0 saturated carbocycles. The predicted molar refractivity (Wildman–Crippen MR) is 115 cm³/mol. The zero-order chi connectivity index (χ0) is 25.4. The van der Waals surface area contributed by atoms with Crippen molar-refractivity contribution in [1.82, 2.24) is 25.3 Å². The van der Waals surface area contributed by atoms with Gasteiger partial charge < -0.3 is 24.4 Å². The second kappa shape index (κ2) is 9.68. The smallest absolute Gasteiger partial charge is 0.366 e. The van der Waals surface area contributed by atoms with Gasteiger partial charge in [-0.3, -0.25) is 4.79 Å². The van der Waals surface area contributed by atoms with Crippen molar-refractivity contribution in [3.63, 3.8) is 0 Å². The Balaban J connectivity index is 1.27. The standard InChI is InChI=1S/C23H25F4N5O4/c24-15-3-1-13(2-4-15)19(20-29-21(30-36-20)23(25,26)27)14-5-8-31(9-6-14)22(34)32-10-7-17-16(11-32)28-18(33)12-35-17/h1-4,14,16-17,19H,5-12H2,(H,28,33)/t16-,17+,19?/m1/s1. The largest absolute Gasteiger partial charge is 0.455 e. The van der Waals surface area contributed by atoms with Crippen LogP contribution in [0, 0.1) is 11.7 Å². The van der Waals surface area contributed by atoms with Gasteiger partial charge in [0.15, 0.2) is 0 Å². The Morgan fingerprint density at radius 3 is 2.44 bits per heavy atom. The first kappa shape index (κ1) is 24.5. The number of alkyl halides is 3. The molecule has 0 spiro atoms. The maximum Gasteiger partial charge on any atom is 0.455 e. The monoisotopic (exact) mass is 511 g/mol. The van der Waals surface area contributed by atoms with Gasteiger partial charge in [0.1, 0.15) is 12.4 Å². The van der Waals surface area contributed by atoms with Gasteiger partial charge in [0.05, 0.1) is 18.1 Å². The van der Waals surface area contributed by atoms with E-state index < -0.39 is 23.7 Å². The molecule has 3 amide bonds. The third-order valence-corrected chi connectivity index (χ3v) is 7.07. The summed E-state index contributed by atoms with van der Waals surface area (Å²) in [6.45, 7) is 1.66. The molecule has 3 saturated heterocycles. The Morgan fingerprint density at radius 2 is 1.78 bits per heavy atom. The van der Waals surface area contributed by atoms with Crippen molar-refractivity contribution < 1.29 is 36.4 Å². The molecule has 9 nitrogen and oxygen atoms in total. The fraction of sp³-hybridized carbons (Fsp3) is 0.565. The zero-order valence-corrected chi connectivity index (χ0v) is 19.2. The van der Waals surface area contributed by atoms with Crippen molar-refractivity contribution in [2.45, 2.75) is 43.5 Å². The molecular formula is C23H25F4N5O4. The lowest BCUT2D eigenvalue weighted by molar-refractivity contribution is -0.146. The highest BCUT2D eigenvalue weighted by atomic mass is 19.4. The van der Waals surface area contributed by atoms with E-state index in [1.807, 2.05) is 0 Å². The lowest BCUT2D eigenvalue weighted by atomic mass is 9.80. The van der Waals surface area contributed by atoms with E-state index in [4.69, 9.17) is 9.26 Å². The number of halogens is 4. The second-order valence-electron chi connectivity index (χ2n) is 9.35. The van der Waals surface area contributed by atoms with Gasteiger partial charge in [-0.2, -0.15) is 18.2 Å². The maximum absolute atomic E-state index is 13.5. The number of urea groups is 1. The van der Waals surface area contributed by atoms with Crippen LogP contribution in [0.4, 0.5) is 22.4 Å². The number of rotatable bonds is 3. The molecule has 3 aliphatic rings. The van der Waals surface area contributed by atoms with Gasteiger partial charge in [0.2, 0.25) is 11.8 Å². The highest BCUT2D eigenvalue weighted by Gasteiger charge is 2.41. The maximum atomic E-state index is 13.5. The molecule has 0 bridgehead atoms. The molecule has 194 valence electrons. The summed E-state index contributed by atoms with van der Waals surface area (Å²) in [5.41, 5.74) is 0.564. The highest BCUT2D eigenvalue weighted by molar-refractivity contribution is 5.79. The molecule has 1 unspecified atom stereocenters. The summed E-state index contributed by atoms with van der Waals surface area (Å²) in [6, 6.07) is 5.07. The van der Waals surface area contributed by atoms with E-state index in [0.717, 1.165) is 0 Å². The number of piperidine rings is 2. The Bertz CT molecular complexity index is 1100. The molecule has 1 aromatic carbocycles. The molecule has 36 heavy (non-hydrogen) atoms. The third-order valence-electron chi connectivity index (χ3n) is 7.07. The molecule has 3 atom stereocenters. The van der Waals surface area contributed by atoms with Gasteiger partial charge in [-0.1, -0.05) is 17.3 Å². The lowest BCUT2D eigenvalue weighted by Crippen LogP contribution is -2.62. The number of benzene rings is 1. The Labute approximate surface area is 203 Å². The summed E-state index contributed by atoms with van der Waals surface area (Å²) in [6.07, 6.45) is -3.27. The molecule has 0 radical (unpaired) electrons. The zero-order valence-electron chi connectivity index (χ0n) is 19.2. The van der Waals surface area contributed by atoms with E-state index in [1.165, 1.54) is 24.3 Å². The number of ether oxygens (including phenoxy) is 1. The quantitative estimate of drug-likeness (QED) is 0.637. The van der Waals surface area contributed by atoms with Crippen LogP contribution in [0.5, 0.6) is 0 Å². The van der Waals surface area contributed by atoms with Gasteiger partial charge in [-0.05, 0) is 42.9 Å². The van der Waals surface area contributed by atoms with E-state index in [0.29, 0.717) is 51.0 Å². The minimum Gasteiger partial charge on any atom is -0.366 e. The summed E-state index contributed by atoms with van der Waals surface area (Å²) in [7, 11) is 0. The summed E-state index contributed by atoms with van der Waals surface area (Å²) in [5, 5.41) is 5.97. The third kappa shape index (κ3) is 5.01. The molecule has 1 N–H and O–H groups in total. The van der Waals surface area contributed by atoms with Crippen molar-refractivity contribution in [1.29, 1.82) is 0 Å². The van der Waals surface area contributed by atoms with Crippen LogP contribution in [0.2, 0.25) is 0 Å². The number of nitrogens with one attached hydrogen (secondary N) is 1. The number of fused-ring (bicyclic) bond motifs is 1. The normalized spacial score (nSPS) is 24.3. The number of amides is 3. The number of hydrogen-bond donors (Lipinski definition) is 1. The van der Waals surface area contributed by atoms with Gasteiger partial charge in [-0.25, -0.2) is 9.18 Å². The van der Waals surface area contributed by atoms with E-state index in [9.17, 15) is 27.2 Å². The van der Waals surface area contributed by atoms with E-state index in [2.05, 4.69) is 15.5 Å². The van der Waals surface area contributed by atoms with Crippen LogP contribution >= 0.6 is 0 Å². The van der Waals surface area contributed by atoms with E-state index >= 15 is 0 Å². The van der Waals surface area contributed by atoms with Gasteiger partial charge in [-0.15, -0.1) is 0 Å². The van der Waals surface area contributed by atoms with Crippen molar-refractivity contribution in [3.05, 3.63) is 47.4 Å². The van der Waals surface area contributed by atoms with Gasteiger partial charge >= 0.3 is 12.2 Å². The lowest BCUT2D eigenvalue weighted by Gasteiger charge is -2.43. The van der Waals surface area contributed by atoms with Gasteiger partial charge in [0, 0.05) is 26.2 Å². The Morgan fingerprint density at radius 1 is 1.08 bits per heavy atom. The van der Waals surface area contributed by atoms with Crippen molar-refractivity contribution in [2.24, 2.45) is 5.92 Å². The van der Waals surface area contributed by atoms with Crippen molar-refractivity contribution >= 4 is 11.9 Å². The highest BCUT2D eigenvalue weighted by Crippen LogP contribution is 2.39. The molecule has 2 aromatic rings. The average molecular weight is 511 g/mol. The van der Waals surface area contributed by atoms with Crippen LogP contribution in [-0.2, 0) is 15.7 Å². The molecule has 3 fully saturated rings. The second-order valence-corrected chi connectivity index (χ2v) is 9.35. The van der Waals surface area contributed by atoms with Crippen molar-refractivity contribution in [2.75, 3.05) is 32.8 Å². The molecule has 0 aliphatic carbocycles. The first-order valence-electron chi connectivity index (χ1n) is 11.8. The predicted octanol–water partition coefficient (Wildman–Crippen LogP) is 2.78. The van der Waals surface area contributed by atoms with Crippen LogP contribution in [-0.4, -0.2) is 76.8 Å². The first-order valence-corrected chi connectivity index (χ1v) is 11.8. The summed E-state index contributed by atoms with van der Waals surface area (Å²) in [5.74, 6) is -3.08. The number of nitrogens with zero attached hydrogens (tertiary/aromatic N) is 4. The number of aromatic nitrogens is 2. The molecule has 13 heteroatoms. The van der Waals surface area contributed by atoms with Crippen LogP contribution in [0.25, 0.3) is 0 Å². The fourth-order valence-corrected chi connectivity index (χ4v) is 5.26. The van der Waals surface area contributed by atoms with Crippen LogP contribution in [0.3, 0.4) is 0 Å². The first-order chi connectivity index (χ1) is 17.2. The van der Waals surface area contributed by atoms with Crippen LogP contribution in [0.15, 0.2) is 28.8 Å². The summed E-state index contributed by atoms with van der Waals surface area (Å²) < 4.78 is 63.3. The molecule has 5 rings (SSSR count). The summed E-state index contributed by atoms with van der Waals surface area (Å²) in [4.78, 5) is 31.8. The fourth-order valence-electron chi connectivity index (χ4n) is 5.26. The minimum absolute atomic E-state index is 0.0301. The Hall–Kier alpha value is -3.22. The number of likely N-dealkylation sites (tertiary alicyclic amines) is 2. The number of carbonyl (C=O) groups excluding carboxylic acids is 2. The number of carbonyl (C=O) groups is 2. The van der Waals surface area contributed by atoms with E-state index in [-0.39, 0.29) is 42.5 Å². The van der Waals surface area contributed by atoms with Crippen LogP contribution < -0.4 is 5.32 Å².